The van der Waals surface area contributed by atoms with E-state index in [-0.39, 0.29) is 5.91 Å². The maximum atomic E-state index is 12.4. The van der Waals surface area contributed by atoms with Crippen LogP contribution < -0.4 is 10.1 Å². The molecule has 0 spiro atoms. The average molecular weight is 281 g/mol. The highest BCUT2D eigenvalue weighted by atomic mass is 16.5. The van der Waals surface area contributed by atoms with Crippen LogP contribution in [0.1, 0.15) is 22.3 Å². The molecule has 0 aliphatic carbocycles. The number of para-hydroxylation sites is 1. The van der Waals surface area contributed by atoms with Crippen molar-refractivity contribution < 1.29 is 9.53 Å². The Labute approximate surface area is 124 Å². The molecule has 3 nitrogen and oxygen atoms in total. The molecular formula is C18H19NO2. The SMILES string of the molecule is Cc1cc(C)c(NC(=O)C2Cc3ccccc3O2)c(C)c1. The first kappa shape index (κ1) is 13.7. The summed E-state index contributed by atoms with van der Waals surface area (Å²) in [4.78, 5) is 12.4. The molecule has 21 heavy (non-hydrogen) atoms. The molecule has 1 amide bonds. The highest BCUT2D eigenvalue weighted by Crippen LogP contribution is 2.29. The lowest BCUT2D eigenvalue weighted by Crippen LogP contribution is -2.32. The summed E-state index contributed by atoms with van der Waals surface area (Å²) in [7, 11) is 0. The van der Waals surface area contributed by atoms with Crippen LogP contribution in [0.5, 0.6) is 5.75 Å². The van der Waals surface area contributed by atoms with Gasteiger partial charge in [-0.1, -0.05) is 35.9 Å². The zero-order valence-electron chi connectivity index (χ0n) is 12.6. The van der Waals surface area contributed by atoms with Crippen molar-refractivity contribution in [2.45, 2.75) is 33.3 Å². The second-order valence-corrected chi connectivity index (χ2v) is 5.68. The highest BCUT2D eigenvalue weighted by molar-refractivity contribution is 5.96. The fourth-order valence-corrected chi connectivity index (χ4v) is 2.91. The van der Waals surface area contributed by atoms with E-state index in [0.717, 1.165) is 28.1 Å². The second kappa shape index (κ2) is 5.24. The van der Waals surface area contributed by atoms with Crippen molar-refractivity contribution in [3.63, 3.8) is 0 Å². The summed E-state index contributed by atoms with van der Waals surface area (Å²) in [5.41, 5.74) is 5.35. The van der Waals surface area contributed by atoms with E-state index in [4.69, 9.17) is 4.74 Å². The maximum Gasteiger partial charge on any atom is 0.265 e. The molecule has 1 unspecified atom stereocenters. The third kappa shape index (κ3) is 2.64. The van der Waals surface area contributed by atoms with Crippen molar-refractivity contribution in [1.82, 2.24) is 0 Å². The lowest BCUT2D eigenvalue weighted by Gasteiger charge is -2.15. The number of nitrogens with one attached hydrogen (secondary N) is 1. The number of carbonyl (C=O) groups is 1. The fraction of sp³-hybridized carbons (Fsp3) is 0.278. The summed E-state index contributed by atoms with van der Waals surface area (Å²) < 4.78 is 5.73. The molecule has 1 aliphatic rings. The Morgan fingerprint density at radius 2 is 1.81 bits per heavy atom. The fourth-order valence-electron chi connectivity index (χ4n) is 2.91. The second-order valence-electron chi connectivity index (χ2n) is 5.68. The van der Waals surface area contributed by atoms with Gasteiger partial charge in [-0.3, -0.25) is 4.79 Å². The van der Waals surface area contributed by atoms with Crippen LogP contribution in [0.2, 0.25) is 0 Å². The van der Waals surface area contributed by atoms with Crippen LogP contribution in [0.25, 0.3) is 0 Å². The van der Waals surface area contributed by atoms with E-state index in [0.29, 0.717) is 6.42 Å². The minimum absolute atomic E-state index is 0.0822. The number of fused-ring (bicyclic) bond motifs is 1. The van der Waals surface area contributed by atoms with Gasteiger partial charge < -0.3 is 10.1 Å². The number of rotatable bonds is 2. The quantitative estimate of drug-likeness (QED) is 0.914. The Balaban J connectivity index is 1.77. The number of aryl methyl sites for hydroxylation is 3. The molecule has 3 heteroatoms. The molecule has 1 aliphatic heterocycles. The Hall–Kier alpha value is -2.29. The van der Waals surface area contributed by atoms with Gasteiger partial charge in [0.1, 0.15) is 5.75 Å². The molecule has 1 atom stereocenters. The van der Waals surface area contributed by atoms with Gasteiger partial charge in [0.25, 0.3) is 5.91 Å². The third-order valence-electron chi connectivity index (χ3n) is 3.86. The highest BCUT2D eigenvalue weighted by Gasteiger charge is 2.29. The molecule has 1 heterocycles. The Kier molecular flexibility index (Phi) is 3.42. The van der Waals surface area contributed by atoms with Crippen molar-refractivity contribution in [3.8, 4) is 5.75 Å². The van der Waals surface area contributed by atoms with Crippen molar-refractivity contribution in [3.05, 3.63) is 58.7 Å². The average Bonchev–Trinajstić information content (AvgIpc) is 2.86. The molecule has 0 bridgehead atoms. The number of benzene rings is 2. The molecule has 0 radical (unpaired) electrons. The molecule has 0 saturated carbocycles. The van der Waals surface area contributed by atoms with Gasteiger partial charge in [0, 0.05) is 12.1 Å². The van der Waals surface area contributed by atoms with Gasteiger partial charge >= 0.3 is 0 Å². The van der Waals surface area contributed by atoms with Gasteiger partial charge in [-0.05, 0) is 43.5 Å². The molecule has 2 aromatic carbocycles. The maximum absolute atomic E-state index is 12.4. The standard InChI is InChI=1S/C18H19NO2/c1-11-8-12(2)17(13(3)9-11)19-18(20)16-10-14-6-4-5-7-15(14)21-16/h4-9,16H,10H2,1-3H3,(H,19,20). The van der Waals surface area contributed by atoms with Crippen LogP contribution in [0, 0.1) is 20.8 Å². The number of anilines is 1. The summed E-state index contributed by atoms with van der Waals surface area (Å²) in [6.45, 7) is 6.09. The minimum atomic E-state index is -0.442. The molecule has 0 fully saturated rings. The Bertz CT molecular complexity index is 658. The van der Waals surface area contributed by atoms with Crippen molar-refractivity contribution in [1.29, 1.82) is 0 Å². The van der Waals surface area contributed by atoms with Crippen LogP contribution >= 0.6 is 0 Å². The molecule has 2 aromatic rings. The zero-order chi connectivity index (χ0) is 15.0. The number of hydrogen-bond acceptors (Lipinski definition) is 2. The van der Waals surface area contributed by atoms with Gasteiger partial charge in [-0.2, -0.15) is 0 Å². The molecule has 0 aromatic heterocycles. The van der Waals surface area contributed by atoms with Crippen LogP contribution in [0.15, 0.2) is 36.4 Å². The predicted octanol–water partition coefficient (Wildman–Crippen LogP) is 3.55. The van der Waals surface area contributed by atoms with Gasteiger partial charge in [-0.25, -0.2) is 0 Å². The molecule has 0 saturated heterocycles. The first-order valence-electron chi connectivity index (χ1n) is 7.18. The predicted molar refractivity (Wildman–Crippen MR) is 83.8 cm³/mol. The first-order valence-corrected chi connectivity index (χ1v) is 7.18. The summed E-state index contributed by atoms with van der Waals surface area (Å²) in [6.07, 6.45) is 0.189. The molecule has 108 valence electrons. The largest absolute Gasteiger partial charge is 0.480 e. The van der Waals surface area contributed by atoms with E-state index in [1.807, 2.05) is 38.1 Å². The number of hydrogen-bond donors (Lipinski definition) is 1. The normalized spacial score (nSPS) is 16.2. The van der Waals surface area contributed by atoms with E-state index in [9.17, 15) is 4.79 Å². The number of amides is 1. The molecule has 1 N–H and O–H groups in total. The Morgan fingerprint density at radius 1 is 1.14 bits per heavy atom. The van der Waals surface area contributed by atoms with E-state index < -0.39 is 6.10 Å². The number of ether oxygens (including phenoxy) is 1. The van der Waals surface area contributed by atoms with Gasteiger partial charge in [0.2, 0.25) is 0 Å². The molecule has 3 rings (SSSR count). The van der Waals surface area contributed by atoms with Crippen LogP contribution in [-0.4, -0.2) is 12.0 Å². The summed E-state index contributed by atoms with van der Waals surface area (Å²) in [5, 5.41) is 3.02. The van der Waals surface area contributed by atoms with E-state index in [2.05, 4.69) is 24.4 Å². The van der Waals surface area contributed by atoms with Crippen LogP contribution in [-0.2, 0) is 11.2 Å². The lowest BCUT2D eigenvalue weighted by atomic mass is 10.0. The van der Waals surface area contributed by atoms with Crippen LogP contribution in [0.4, 0.5) is 5.69 Å². The van der Waals surface area contributed by atoms with Gasteiger partial charge in [0.15, 0.2) is 6.10 Å². The first-order chi connectivity index (χ1) is 10.0. The van der Waals surface area contributed by atoms with E-state index in [1.165, 1.54) is 5.56 Å². The van der Waals surface area contributed by atoms with Crippen molar-refractivity contribution in [2.24, 2.45) is 0 Å². The third-order valence-corrected chi connectivity index (χ3v) is 3.86. The molecular weight excluding hydrogens is 262 g/mol. The van der Waals surface area contributed by atoms with E-state index in [1.54, 1.807) is 0 Å². The van der Waals surface area contributed by atoms with Gasteiger partial charge in [0.05, 0.1) is 0 Å². The van der Waals surface area contributed by atoms with E-state index >= 15 is 0 Å². The summed E-state index contributed by atoms with van der Waals surface area (Å²) >= 11 is 0. The van der Waals surface area contributed by atoms with Gasteiger partial charge in [-0.15, -0.1) is 0 Å². The number of carbonyl (C=O) groups excluding carboxylic acids is 1. The topological polar surface area (TPSA) is 38.3 Å². The summed E-state index contributed by atoms with van der Waals surface area (Å²) in [6, 6.07) is 12.0. The van der Waals surface area contributed by atoms with Crippen molar-refractivity contribution >= 4 is 11.6 Å². The Morgan fingerprint density at radius 3 is 2.48 bits per heavy atom. The smallest absolute Gasteiger partial charge is 0.265 e. The summed E-state index contributed by atoms with van der Waals surface area (Å²) in [5.74, 6) is 0.733. The minimum Gasteiger partial charge on any atom is -0.480 e. The monoisotopic (exact) mass is 281 g/mol. The lowest BCUT2D eigenvalue weighted by molar-refractivity contribution is -0.122. The zero-order valence-corrected chi connectivity index (χ0v) is 12.6. The van der Waals surface area contributed by atoms with Crippen LogP contribution in [0.3, 0.4) is 0 Å². The van der Waals surface area contributed by atoms with Crippen molar-refractivity contribution in [2.75, 3.05) is 5.32 Å².